The Bertz CT molecular complexity index is 725. The molecule has 0 aliphatic carbocycles. The number of halogens is 3. The summed E-state index contributed by atoms with van der Waals surface area (Å²) in [6.07, 6.45) is -1.35. The molecule has 7 heteroatoms. The molecule has 3 aromatic rings. The van der Waals surface area contributed by atoms with Gasteiger partial charge in [0.25, 0.3) is 0 Å². The molecule has 0 fully saturated rings. The number of fused-ring (bicyclic) bond motifs is 1. The maximum Gasteiger partial charge on any atom is 0.418 e. The van der Waals surface area contributed by atoms with Crippen molar-refractivity contribution in [2.24, 2.45) is 0 Å². The van der Waals surface area contributed by atoms with Crippen LogP contribution in [0.5, 0.6) is 0 Å². The van der Waals surface area contributed by atoms with Gasteiger partial charge in [-0.25, -0.2) is 4.98 Å². The number of aromatic amines is 2. The molecule has 2 N–H and O–H groups in total. The third-order valence-corrected chi connectivity index (χ3v) is 2.81. The lowest BCUT2D eigenvalue weighted by Gasteiger charge is -2.08. The normalized spacial score (nSPS) is 12.2. The Morgan fingerprint density at radius 3 is 2.63 bits per heavy atom. The highest BCUT2D eigenvalue weighted by molar-refractivity contribution is 5.83. The fraction of sp³-hybridized carbons (Fsp3) is 0.167. The number of nitrogens with zero attached hydrogens (tertiary/aromatic N) is 2. The molecular formula is C12H9F3N4. The Hall–Kier alpha value is -2.31. The topological polar surface area (TPSA) is 57.4 Å². The van der Waals surface area contributed by atoms with Crippen LogP contribution >= 0.6 is 0 Å². The van der Waals surface area contributed by atoms with Crippen LogP contribution in [-0.4, -0.2) is 20.2 Å². The number of alkyl halides is 3. The van der Waals surface area contributed by atoms with Crippen LogP contribution in [-0.2, 0) is 6.18 Å². The van der Waals surface area contributed by atoms with Crippen molar-refractivity contribution < 1.29 is 13.2 Å². The van der Waals surface area contributed by atoms with Crippen LogP contribution in [0.4, 0.5) is 13.2 Å². The van der Waals surface area contributed by atoms with E-state index in [-0.39, 0.29) is 5.52 Å². The molecule has 0 aliphatic heterocycles. The molecule has 19 heavy (non-hydrogen) atoms. The minimum Gasteiger partial charge on any atom is -0.337 e. The van der Waals surface area contributed by atoms with Gasteiger partial charge in [0.05, 0.1) is 28.4 Å². The molecule has 0 aliphatic rings. The number of aromatic nitrogens is 4. The number of imidazole rings is 1. The Balaban J connectivity index is 2.28. The maximum atomic E-state index is 13.0. The molecular weight excluding hydrogens is 257 g/mol. The van der Waals surface area contributed by atoms with E-state index in [0.29, 0.717) is 22.5 Å². The van der Waals surface area contributed by atoms with E-state index >= 15 is 0 Å². The van der Waals surface area contributed by atoms with E-state index in [1.807, 2.05) is 0 Å². The van der Waals surface area contributed by atoms with Crippen molar-refractivity contribution in [3.05, 3.63) is 35.7 Å². The molecule has 0 radical (unpaired) electrons. The number of hydrogen-bond acceptors (Lipinski definition) is 2. The first-order chi connectivity index (χ1) is 8.95. The van der Waals surface area contributed by atoms with Crippen LogP contribution in [0.15, 0.2) is 24.5 Å². The molecule has 0 saturated carbocycles. The van der Waals surface area contributed by atoms with Gasteiger partial charge in [-0.3, -0.25) is 5.10 Å². The largest absolute Gasteiger partial charge is 0.418 e. The van der Waals surface area contributed by atoms with E-state index < -0.39 is 11.7 Å². The average molecular weight is 266 g/mol. The monoisotopic (exact) mass is 266 g/mol. The smallest absolute Gasteiger partial charge is 0.337 e. The third-order valence-electron chi connectivity index (χ3n) is 2.81. The van der Waals surface area contributed by atoms with Gasteiger partial charge in [-0.05, 0) is 24.6 Å². The predicted octanol–water partition coefficient (Wildman–Crippen LogP) is 3.28. The summed E-state index contributed by atoms with van der Waals surface area (Å²) in [6, 6.07) is 2.73. The Morgan fingerprint density at radius 1 is 1.21 bits per heavy atom. The van der Waals surface area contributed by atoms with Gasteiger partial charge in [-0.15, -0.1) is 0 Å². The minimum atomic E-state index is -4.41. The van der Waals surface area contributed by atoms with Gasteiger partial charge in [0.15, 0.2) is 0 Å². The zero-order valence-corrected chi connectivity index (χ0v) is 9.84. The van der Waals surface area contributed by atoms with Gasteiger partial charge in [0.2, 0.25) is 0 Å². The lowest BCUT2D eigenvalue weighted by Crippen LogP contribution is -2.06. The first-order valence-electron chi connectivity index (χ1n) is 5.52. The third kappa shape index (κ3) is 1.96. The summed E-state index contributed by atoms with van der Waals surface area (Å²) in [5, 5.41) is 6.35. The number of aryl methyl sites for hydroxylation is 1. The van der Waals surface area contributed by atoms with E-state index in [9.17, 15) is 13.2 Å². The van der Waals surface area contributed by atoms with Crippen LogP contribution in [0.3, 0.4) is 0 Å². The predicted molar refractivity (Wildman–Crippen MR) is 63.4 cm³/mol. The van der Waals surface area contributed by atoms with Gasteiger partial charge < -0.3 is 4.98 Å². The quantitative estimate of drug-likeness (QED) is 0.710. The second kappa shape index (κ2) is 3.84. The zero-order chi connectivity index (χ0) is 13.6. The van der Waals surface area contributed by atoms with E-state index in [0.717, 1.165) is 6.07 Å². The van der Waals surface area contributed by atoms with Crippen LogP contribution in [0, 0.1) is 6.92 Å². The summed E-state index contributed by atoms with van der Waals surface area (Å²) in [4.78, 5) is 6.88. The molecule has 4 nitrogen and oxygen atoms in total. The fourth-order valence-electron chi connectivity index (χ4n) is 1.99. The number of benzene rings is 1. The summed E-state index contributed by atoms with van der Waals surface area (Å²) >= 11 is 0. The van der Waals surface area contributed by atoms with E-state index in [2.05, 4.69) is 20.2 Å². The number of hydrogen-bond donors (Lipinski definition) is 2. The van der Waals surface area contributed by atoms with Gasteiger partial charge in [0.1, 0.15) is 5.82 Å². The molecule has 0 saturated heterocycles. The highest BCUT2D eigenvalue weighted by atomic mass is 19.4. The van der Waals surface area contributed by atoms with Crippen molar-refractivity contribution in [3.8, 4) is 11.4 Å². The second-order valence-electron chi connectivity index (χ2n) is 4.28. The van der Waals surface area contributed by atoms with Gasteiger partial charge in [-0.1, -0.05) is 0 Å². The van der Waals surface area contributed by atoms with Gasteiger partial charge in [-0.2, -0.15) is 18.3 Å². The highest BCUT2D eigenvalue weighted by Crippen LogP contribution is 2.35. The number of nitrogens with one attached hydrogen (secondary N) is 2. The number of rotatable bonds is 1. The van der Waals surface area contributed by atoms with Crippen molar-refractivity contribution in [3.63, 3.8) is 0 Å². The Morgan fingerprint density at radius 2 is 2.00 bits per heavy atom. The molecule has 0 spiro atoms. The molecule has 2 heterocycles. The lowest BCUT2D eigenvalue weighted by molar-refractivity contribution is -0.136. The molecule has 1 aromatic carbocycles. The van der Waals surface area contributed by atoms with Crippen LogP contribution < -0.4 is 0 Å². The maximum absolute atomic E-state index is 13.0. The first kappa shape index (κ1) is 11.8. The zero-order valence-electron chi connectivity index (χ0n) is 9.84. The summed E-state index contributed by atoms with van der Waals surface area (Å²) in [5.74, 6) is 0.361. The average Bonchev–Trinajstić information content (AvgIpc) is 2.93. The molecule has 3 rings (SSSR count). The highest BCUT2D eigenvalue weighted by Gasteiger charge is 2.34. The van der Waals surface area contributed by atoms with Crippen molar-refractivity contribution in [1.82, 2.24) is 20.2 Å². The molecule has 0 bridgehead atoms. The molecule has 98 valence electrons. The summed E-state index contributed by atoms with van der Waals surface area (Å²) in [6.45, 7) is 1.61. The van der Waals surface area contributed by atoms with Crippen molar-refractivity contribution in [2.75, 3.05) is 0 Å². The molecule has 0 amide bonds. The standard InChI is InChI=1S/C12H9F3N4/c1-6-2-8(12(13,14)15)10-9(3-6)18-11(19-10)7-4-16-17-5-7/h2-5H,1H3,(H,16,17)(H,18,19). The molecule has 0 atom stereocenters. The van der Waals surface area contributed by atoms with Crippen LogP contribution in [0.25, 0.3) is 22.4 Å². The fourth-order valence-corrected chi connectivity index (χ4v) is 1.99. The summed E-state index contributed by atoms with van der Waals surface area (Å²) in [7, 11) is 0. The summed E-state index contributed by atoms with van der Waals surface area (Å²) < 4.78 is 38.9. The van der Waals surface area contributed by atoms with Crippen LogP contribution in [0.1, 0.15) is 11.1 Å². The van der Waals surface area contributed by atoms with Crippen molar-refractivity contribution >= 4 is 11.0 Å². The SMILES string of the molecule is Cc1cc(C(F)(F)F)c2[nH]c(-c3cn[nH]c3)nc2c1. The Labute approximate surface area is 105 Å². The van der Waals surface area contributed by atoms with Crippen molar-refractivity contribution in [1.29, 1.82) is 0 Å². The Kier molecular flexibility index (Phi) is 2.38. The van der Waals surface area contributed by atoms with Gasteiger partial charge in [0, 0.05) is 6.20 Å². The number of H-pyrrole nitrogens is 2. The summed E-state index contributed by atoms with van der Waals surface area (Å²) in [5.41, 5.74) is 0.717. The molecule has 0 unspecified atom stereocenters. The molecule has 2 aromatic heterocycles. The van der Waals surface area contributed by atoms with Crippen molar-refractivity contribution in [2.45, 2.75) is 13.1 Å². The van der Waals surface area contributed by atoms with Gasteiger partial charge >= 0.3 is 6.18 Å². The van der Waals surface area contributed by atoms with E-state index in [1.165, 1.54) is 6.20 Å². The second-order valence-corrected chi connectivity index (χ2v) is 4.28. The lowest BCUT2D eigenvalue weighted by atomic mass is 10.1. The minimum absolute atomic E-state index is 0.00528. The van der Waals surface area contributed by atoms with E-state index in [1.54, 1.807) is 19.2 Å². The van der Waals surface area contributed by atoms with Crippen LogP contribution in [0.2, 0.25) is 0 Å². The van der Waals surface area contributed by atoms with E-state index in [4.69, 9.17) is 0 Å². The first-order valence-corrected chi connectivity index (χ1v) is 5.52.